The van der Waals surface area contributed by atoms with E-state index in [0.29, 0.717) is 5.39 Å². The van der Waals surface area contributed by atoms with E-state index in [1.807, 2.05) is 0 Å². The fourth-order valence-electron chi connectivity index (χ4n) is 2.45. The lowest BCUT2D eigenvalue weighted by atomic mass is 10.1. The normalized spacial score (nSPS) is 11.1. The zero-order chi connectivity index (χ0) is 20.1. The van der Waals surface area contributed by atoms with Gasteiger partial charge in [0.05, 0.1) is 7.11 Å². The maximum absolute atomic E-state index is 12.6. The van der Waals surface area contributed by atoms with Gasteiger partial charge < -0.3 is 18.6 Å². The molecule has 1 aromatic heterocycles. The summed E-state index contributed by atoms with van der Waals surface area (Å²) in [4.78, 5) is 23.3. The van der Waals surface area contributed by atoms with Crippen LogP contribution in [0.15, 0.2) is 63.8 Å². The number of halogens is 2. The van der Waals surface area contributed by atoms with E-state index in [0.717, 1.165) is 6.08 Å². The molecule has 6 nitrogen and oxygen atoms in total. The smallest absolute Gasteiger partial charge is 0.387 e. The topological polar surface area (TPSA) is 75.0 Å². The molecule has 0 aliphatic heterocycles. The molecule has 2 aromatic carbocycles. The van der Waals surface area contributed by atoms with Crippen LogP contribution in [-0.4, -0.2) is 19.7 Å². The molecular weight excluding hydrogens is 374 g/mol. The second-order valence-electron chi connectivity index (χ2n) is 5.47. The Kier molecular flexibility index (Phi) is 5.69. The number of hydrogen-bond donors (Lipinski definition) is 0. The number of para-hydroxylation sites is 1. The maximum atomic E-state index is 12.6. The van der Waals surface area contributed by atoms with Crippen molar-refractivity contribution >= 4 is 23.0 Å². The Morgan fingerprint density at radius 1 is 1.14 bits per heavy atom. The molecule has 0 saturated heterocycles. The van der Waals surface area contributed by atoms with Crippen molar-refractivity contribution in [3.8, 4) is 17.2 Å². The largest absolute Gasteiger partial charge is 0.493 e. The van der Waals surface area contributed by atoms with Crippen molar-refractivity contribution in [1.82, 2.24) is 0 Å². The molecule has 8 heteroatoms. The van der Waals surface area contributed by atoms with Gasteiger partial charge in [-0.05, 0) is 30.3 Å². The van der Waals surface area contributed by atoms with Crippen molar-refractivity contribution in [2.45, 2.75) is 6.61 Å². The first-order valence-electron chi connectivity index (χ1n) is 8.02. The summed E-state index contributed by atoms with van der Waals surface area (Å²) in [6, 6.07) is 11.9. The molecule has 1 heterocycles. The molecule has 0 aliphatic carbocycles. The predicted molar refractivity (Wildman–Crippen MR) is 96.8 cm³/mol. The molecule has 0 amide bonds. The summed E-state index contributed by atoms with van der Waals surface area (Å²) in [5, 5.41) is 0.667. The van der Waals surface area contributed by atoms with Crippen LogP contribution in [0, 0.1) is 0 Å². The van der Waals surface area contributed by atoms with Crippen molar-refractivity contribution in [3.63, 3.8) is 0 Å². The Balaban J connectivity index is 1.80. The van der Waals surface area contributed by atoms with Crippen LogP contribution >= 0.6 is 0 Å². The number of fused-ring (bicyclic) bond motifs is 1. The van der Waals surface area contributed by atoms with Gasteiger partial charge in [0.25, 0.3) is 0 Å². The molecule has 0 saturated carbocycles. The predicted octanol–water partition coefficient (Wildman–Crippen LogP) is 4.02. The highest BCUT2D eigenvalue weighted by molar-refractivity contribution is 5.90. The van der Waals surface area contributed by atoms with Gasteiger partial charge in [0.15, 0.2) is 11.5 Å². The molecule has 0 spiro atoms. The zero-order valence-corrected chi connectivity index (χ0v) is 14.6. The minimum absolute atomic E-state index is 0.0976. The number of hydrogen-bond acceptors (Lipinski definition) is 6. The standard InChI is InChI=1S/C20H14F2O6/c1-25-15-4-2-3-13(19(15)28-20(21)22)7-10-17(23)26-14-8-5-12-6-9-18(24)27-16(12)11-14/h2-11,20H,1H3/b10-7+. The van der Waals surface area contributed by atoms with Crippen LogP contribution in [0.5, 0.6) is 17.2 Å². The van der Waals surface area contributed by atoms with Gasteiger partial charge >= 0.3 is 18.2 Å². The number of benzene rings is 2. The number of esters is 1. The lowest BCUT2D eigenvalue weighted by Crippen LogP contribution is -2.06. The minimum Gasteiger partial charge on any atom is -0.493 e. The van der Waals surface area contributed by atoms with Gasteiger partial charge in [0.2, 0.25) is 0 Å². The molecule has 0 N–H and O–H groups in total. The van der Waals surface area contributed by atoms with Crippen LogP contribution in [0.3, 0.4) is 0 Å². The summed E-state index contributed by atoms with van der Waals surface area (Å²) in [5.41, 5.74) is -0.0521. The van der Waals surface area contributed by atoms with Gasteiger partial charge in [-0.1, -0.05) is 12.1 Å². The number of alkyl halides is 2. The monoisotopic (exact) mass is 388 g/mol. The van der Waals surface area contributed by atoms with Crippen molar-refractivity contribution in [2.75, 3.05) is 7.11 Å². The van der Waals surface area contributed by atoms with Crippen LogP contribution in [0.1, 0.15) is 5.56 Å². The van der Waals surface area contributed by atoms with E-state index in [-0.39, 0.29) is 28.4 Å². The quantitative estimate of drug-likeness (QED) is 0.275. The summed E-state index contributed by atoms with van der Waals surface area (Å²) in [6.07, 6.45) is 2.32. The average molecular weight is 388 g/mol. The molecule has 28 heavy (non-hydrogen) atoms. The SMILES string of the molecule is COc1cccc(/C=C/C(=O)Oc2ccc3ccc(=O)oc3c2)c1OC(F)F. The first-order valence-corrected chi connectivity index (χ1v) is 8.02. The highest BCUT2D eigenvalue weighted by Crippen LogP contribution is 2.33. The number of carbonyl (C=O) groups excluding carboxylic acids is 1. The van der Waals surface area contributed by atoms with E-state index < -0.39 is 18.2 Å². The molecule has 0 aliphatic rings. The third-order valence-electron chi connectivity index (χ3n) is 3.65. The fourth-order valence-corrected chi connectivity index (χ4v) is 2.45. The van der Waals surface area contributed by atoms with Gasteiger partial charge in [-0.2, -0.15) is 8.78 Å². The highest BCUT2D eigenvalue weighted by Gasteiger charge is 2.14. The molecule has 0 unspecified atom stereocenters. The van der Waals surface area contributed by atoms with Crippen molar-refractivity contribution < 1.29 is 32.2 Å². The van der Waals surface area contributed by atoms with E-state index in [2.05, 4.69) is 4.74 Å². The van der Waals surface area contributed by atoms with Crippen LogP contribution in [0.2, 0.25) is 0 Å². The summed E-state index contributed by atoms with van der Waals surface area (Å²) in [6.45, 7) is -3.05. The molecule has 0 fully saturated rings. The van der Waals surface area contributed by atoms with E-state index in [1.165, 1.54) is 43.5 Å². The van der Waals surface area contributed by atoms with Gasteiger partial charge in [0.1, 0.15) is 11.3 Å². The second kappa shape index (κ2) is 8.34. The fraction of sp³-hybridized carbons (Fsp3) is 0.100. The van der Waals surface area contributed by atoms with E-state index in [1.54, 1.807) is 18.2 Å². The molecule has 3 rings (SSSR count). The summed E-state index contributed by atoms with van der Waals surface area (Å²) in [7, 11) is 1.31. The van der Waals surface area contributed by atoms with Gasteiger partial charge in [0, 0.05) is 29.2 Å². The van der Waals surface area contributed by atoms with Crippen molar-refractivity contribution in [2.24, 2.45) is 0 Å². The Labute approximate surface area is 157 Å². The summed E-state index contributed by atoms with van der Waals surface area (Å²) in [5.74, 6) is -0.702. The highest BCUT2D eigenvalue weighted by atomic mass is 19.3. The molecule has 0 atom stereocenters. The summed E-state index contributed by atoms with van der Waals surface area (Å²) < 4.78 is 44.9. The molecule has 3 aromatic rings. The number of rotatable bonds is 6. The number of ether oxygens (including phenoxy) is 3. The average Bonchev–Trinajstić information content (AvgIpc) is 2.66. The van der Waals surface area contributed by atoms with Crippen LogP contribution < -0.4 is 19.8 Å². The lowest BCUT2D eigenvalue weighted by Gasteiger charge is -2.12. The van der Waals surface area contributed by atoms with Crippen LogP contribution in [0.25, 0.3) is 17.0 Å². The minimum atomic E-state index is -3.05. The van der Waals surface area contributed by atoms with E-state index in [4.69, 9.17) is 13.9 Å². The summed E-state index contributed by atoms with van der Waals surface area (Å²) >= 11 is 0. The Morgan fingerprint density at radius 2 is 1.93 bits per heavy atom. The molecule has 0 bridgehead atoms. The molecule has 144 valence electrons. The van der Waals surface area contributed by atoms with Crippen molar-refractivity contribution in [1.29, 1.82) is 0 Å². The Bertz CT molecular complexity index is 1090. The van der Waals surface area contributed by atoms with Crippen molar-refractivity contribution in [3.05, 3.63) is 70.6 Å². The van der Waals surface area contributed by atoms with Gasteiger partial charge in [-0.3, -0.25) is 0 Å². The third-order valence-corrected chi connectivity index (χ3v) is 3.65. The van der Waals surface area contributed by atoms with E-state index >= 15 is 0 Å². The third kappa shape index (κ3) is 4.53. The van der Waals surface area contributed by atoms with Gasteiger partial charge in [-0.25, -0.2) is 9.59 Å². The number of carbonyl (C=O) groups is 1. The first kappa shape index (κ1) is 19.1. The zero-order valence-electron chi connectivity index (χ0n) is 14.6. The Morgan fingerprint density at radius 3 is 2.68 bits per heavy atom. The Hall–Kier alpha value is -3.68. The molecular formula is C20H14F2O6. The van der Waals surface area contributed by atoms with Gasteiger partial charge in [-0.15, -0.1) is 0 Å². The lowest BCUT2D eigenvalue weighted by molar-refractivity contribution is -0.128. The molecule has 0 radical (unpaired) electrons. The first-order chi connectivity index (χ1) is 13.5. The van der Waals surface area contributed by atoms with E-state index in [9.17, 15) is 18.4 Å². The maximum Gasteiger partial charge on any atom is 0.387 e. The number of methoxy groups -OCH3 is 1. The van der Waals surface area contributed by atoms with Crippen LogP contribution in [0.4, 0.5) is 8.78 Å². The van der Waals surface area contributed by atoms with Crippen LogP contribution in [-0.2, 0) is 4.79 Å². The second-order valence-corrected chi connectivity index (χ2v) is 5.47.